The maximum absolute atomic E-state index is 12.6. The lowest BCUT2D eigenvalue weighted by Crippen LogP contribution is -2.46. The van der Waals surface area contributed by atoms with Gasteiger partial charge in [0, 0.05) is 24.4 Å². The summed E-state index contributed by atoms with van der Waals surface area (Å²) in [6.45, 7) is 0. The second kappa shape index (κ2) is 6.42. The SMILES string of the molecule is O=C(O)C1CC2CCCCC2N1C(=O)CCc1ccncn1. The number of carboxylic acid groups (broad SMARTS) is 1. The van der Waals surface area contributed by atoms with Gasteiger partial charge in [-0.05, 0) is 37.7 Å². The van der Waals surface area contributed by atoms with Gasteiger partial charge in [-0.3, -0.25) is 4.79 Å². The Morgan fingerprint density at radius 2 is 2.14 bits per heavy atom. The van der Waals surface area contributed by atoms with Gasteiger partial charge in [-0.15, -0.1) is 0 Å². The van der Waals surface area contributed by atoms with Crippen LogP contribution in [0.25, 0.3) is 0 Å². The number of likely N-dealkylation sites (tertiary alicyclic amines) is 1. The van der Waals surface area contributed by atoms with E-state index in [1.807, 2.05) is 0 Å². The molecule has 1 N–H and O–H groups in total. The molecular weight excluding hydrogens is 282 g/mol. The molecule has 1 aliphatic carbocycles. The largest absolute Gasteiger partial charge is 0.480 e. The van der Waals surface area contributed by atoms with Crippen LogP contribution in [0.4, 0.5) is 0 Å². The predicted molar refractivity (Wildman–Crippen MR) is 79.0 cm³/mol. The molecule has 2 fully saturated rings. The maximum atomic E-state index is 12.6. The minimum atomic E-state index is -0.871. The molecule has 22 heavy (non-hydrogen) atoms. The minimum absolute atomic E-state index is 0.0552. The molecular formula is C16H21N3O3. The van der Waals surface area contributed by atoms with E-state index in [0.29, 0.717) is 25.2 Å². The molecule has 1 amide bonds. The summed E-state index contributed by atoms with van der Waals surface area (Å²) in [5.74, 6) is -0.567. The van der Waals surface area contributed by atoms with Crippen molar-refractivity contribution in [1.29, 1.82) is 0 Å². The van der Waals surface area contributed by atoms with E-state index in [2.05, 4.69) is 9.97 Å². The highest BCUT2D eigenvalue weighted by atomic mass is 16.4. The number of fused-ring (bicyclic) bond motifs is 1. The van der Waals surface area contributed by atoms with Gasteiger partial charge in [0.25, 0.3) is 0 Å². The summed E-state index contributed by atoms with van der Waals surface area (Å²) in [5.41, 5.74) is 0.814. The third-order valence-corrected chi connectivity index (χ3v) is 4.90. The topological polar surface area (TPSA) is 83.4 Å². The van der Waals surface area contributed by atoms with Crippen LogP contribution in [0.1, 0.15) is 44.2 Å². The smallest absolute Gasteiger partial charge is 0.326 e. The highest BCUT2D eigenvalue weighted by molar-refractivity contribution is 5.85. The quantitative estimate of drug-likeness (QED) is 0.914. The van der Waals surface area contributed by atoms with Crippen LogP contribution in [0.5, 0.6) is 0 Å². The van der Waals surface area contributed by atoms with E-state index < -0.39 is 12.0 Å². The first kappa shape index (κ1) is 14.9. The Morgan fingerprint density at radius 1 is 1.32 bits per heavy atom. The van der Waals surface area contributed by atoms with Crippen molar-refractivity contribution in [3.63, 3.8) is 0 Å². The number of carboxylic acids is 1. The number of aromatic nitrogens is 2. The summed E-state index contributed by atoms with van der Waals surface area (Å²) in [6, 6.07) is 1.26. The average Bonchev–Trinajstić information content (AvgIpc) is 2.93. The molecule has 1 aromatic rings. The number of nitrogens with zero attached hydrogens (tertiary/aromatic N) is 3. The van der Waals surface area contributed by atoms with Crippen LogP contribution in [-0.4, -0.2) is 43.9 Å². The fourth-order valence-electron chi connectivity index (χ4n) is 3.87. The van der Waals surface area contributed by atoms with Crippen molar-refractivity contribution in [3.8, 4) is 0 Å². The van der Waals surface area contributed by atoms with Crippen LogP contribution in [0.3, 0.4) is 0 Å². The van der Waals surface area contributed by atoms with Crippen molar-refractivity contribution >= 4 is 11.9 Å². The number of aliphatic carboxylic acids is 1. The Balaban J connectivity index is 1.69. The molecule has 6 heteroatoms. The van der Waals surface area contributed by atoms with Gasteiger partial charge >= 0.3 is 5.97 Å². The van der Waals surface area contributed by atoms with Gasteiger partial charge in [0.1, 0.15) is 12.4 Å². The van der Waals surface area contributed by atoms with Crippen LogP contribution < -0.4 is 0 Å². The lowest BCUT2D eigenvalue weighted by atomic mass is 9.84. The molecule has 6 nitrogen and oxygen atoms in total. The highest BCUT2D eigenvalue weighted by Gasteiger charge is 2.47. The first-order valence-electron chi connectivity index (χ1n) is 7.95. The van der Waals surface area contributed by atoms with E-state index in [9.17, 15) is 14.7 Å². The van der Waals surface area contributed by atoms with Gasteiger partial charge in [0.15, 0.2) is 0 Å². The van der Waals surface area contributed by atoms with Crippen molar-refractivity contribution in [1.82, 2.24) is 14.9 Å². The van der Waals surface area contributed by atoms with Crippen molar-refractivity contribution < 1.29 is 14.7 Å². The summed E-state index contributed by atoms with van der Waals surface area (Å²) in [6.07, 6.45) is 8.79. The van der Waals surface area contributed by atoms with Crippen molar-refractivity contribution in [2.24, 2.45) is 5.92 Å². The summed E-state index contributed by atoms with van der Waals surface area (Å²) >= 11 is 0. The Hall–Kier alpha value is -1.98. The minimum Gasteiger partial charge on any atom is -0.480 e. The van der Waals surface area contributed by atoms with Crippen LogP contribution in [0, 0.1) is 5.92 Å². The van der Waals surface area contributed by atoms with E-state index in [-0.39, 0.29) is 11.9 Å². The Morgan fingerprint density at radius 3 is 2.86 bits per heavy atom. The second-order valence-corrected chi connectivity index (χ2v) is 6.20. The number of hydrogen-bond donors (Lipinski definition) is 1. The summed E-state index contributed by atoms with van der Waals surface area (Å²) in [5, 5.41) is 9.45. The summed E-state index contributed by atoms with van der Waals surface area (Å²) < 4.78 is 0. The number of carbonyl (C=O) groups is 2. The monoisotopic (exact) mass is 303 g/mol. The van der Waals surface area contributed by atoms with Crippen LogP contribution in [-0.2, 0) is 16.0 Å². The molecule has 3 rings (SSSR count). The summed E-state index contributed by atoms with van der Waals surface area (Å²) in [4.78, 5) is 33.8. The zero-order valence-corrected chi connectivity index (χ0v) is 12.5. The molecule has 0 aromatic carbocycles. The van der Waals surface area contributed by atoms with Crippen molar-refractivity contribution in [3.05, 3.63) is 24.3 Å². The normalized spacial score (nSPS) is 27.5. The molecule has 0 radical (unpaired) electrons. The molecule has 0 bridgehead atoms. The second-order valence-electron chi connectivity index (χ2n) is 6.20. The van der Waals surface area contributed by atoms with E-state index >= 15 is 0 Å². The number of amides is 1. The zero-order valence-electron chi connectivity index (χ0n) is 12.5. The zero-order chi connectivity index (χ0) is 15.5. The molecule has 3 atom stereocenters. The molecule has 0 spiro atoms. The maximum Gasteiger partial charge on any atom is 0.326 e. The molecule has 1 saturated carbocycles. The van der Waals surface area contributed by atoms with Crippen LogP contribution in [0.15, 0.2) is 18.6 Å². The van der Waals surface area contributed by atoms with Gasteiger partial charge in [-0.25, -0.2) is 14.8 Å². The molecule has 3 unspecified atom stereocenters. The highest BCUT2D eigenvalue weighted by Crippen LogP contribution is 2.40. The molecule has 1 saturated heterocycles. The molecule has 118 valence electrons. The third kappa shape index (κ3) is 2.96. The van der Waals surface area contributed by atoms with E-state index in [1.165, 1.54) is 6.33 Å². The summed E-state index contributed by atoms with van der Waals surface area (Å²) in [7, 11) is 0. The van der Waals surface area contributed by atoms with Gasteiger partial charge in [-0.2, -0.15) is 0 Å². The lowest BCUT2D eigenvalue weighted by molar-refractivity contribution is -0.149. The van der Waals surface area contributed by atoms with Crippen molar-refractivity contribution in [2.45, 2.75) is 57.0 Å². The van der Waals surface area contributed by atoms with Gasteiger partial charge < -0.3 is 10.0 Å². The first-order valence-corrected chi connectivity index (χ1v) is 7.95. The van der Waals surface area contributed by atoms with Crippen LogP contribution >= 0.6 is 0 Å². The molecule has 1 aliphatic heterocycles. The number of carbonyl (C=O) groups excluding carboxylic acids is 1. The van der Waals surface area contributed by atoms with E-state index in [0.717, 1.165) is 31.4 Å². The first-order chi connectivity index (χ1) is 10.7. The van der Waals surface area contributed by atoms with Gasteiger partial charge in [0.2, 0.25) is 5.91 Å². The molecule has 2 aliphatic rings. The van der Waals surface area contributed by atoms with E-state index in [4.69, 9.17) is 0 Å². The van der Waals surface area contributed by atoms with Gasteiger partial charge in [-0.1, -0.05) is 12.8 Å². The van der Waals surface area contributed by atoms with Crippen molar-refractivity contribution in [2.75, 3.05) is 0 Å². The fourth-order valence-corrected chi connectivity index (χ4v) is 3.87. The average molecular weight is 303 g/mol. The third-order valence-electron chi connectivity index (χ3n) is 4.90. The Labute approximate surface area is 129 Å². The Kier molecular flexibility index (Phi) is 4.36. The number of hydrogen-bond acceptors (Lipinski definition) is 4. The standard InChI is InChI=1S/C16H21N3O3/c20-15(6-5-12-7-8-17-10-18-12)19-13-4-2-1-3-11(13)9-14(19)16(21)22/h7-8,10-11,13-14H,1-6,9H2,(H,21,22). The molecule has 2 heterocycles. The van der Waals surface area contributed by atoms with Gasteiger partial charge in [0.05, 0.1) is 0 Å². The number of rotatable bonds is 4. The predicted octanol–water partition coefficient (Wildman–Crippen LogP) is 1.65. The fraction of sp³-hybridized carbons (Fsp3) is 0.625. The van der Waals surface area contributed by atoms with Crippen LogP contribution in [0.2, 0.25) is 0 Å². The Bertz CT molecular complexity index is 549. The molecule has 1 aromatic heterocycles. The van der Waals surface area contributed by atoms with E-state index in [1.54, 1.807) is 17.2 Å². The number of aryl methyl sites for hydroxylation is 1. The lowest BCUT2D eigenvalue weighted by Gasteiger charge is -2.33.